The Bertz CT molecular complexity index is 471. The first-order valence-corrected chi connectivity index (χ1v) is 7.83. The number of rotatable bonds is 4. The summed E-state index contributed by atoms with van der Waals surface area (Å²) in [5.41, 5.74) is 2.65. The number of aromatic nitrogens is 2. The average molecular weight is 295 g/mol. The van der Waals surface area contributed by atoms with Crippen molar-refractivity contribution in [2.75, 3.05) is 26.4 Å². The molecule has 0 unspecified atom stereocenters. The summed E-state index contributed by atoms with van der Waals surface area (Å²) in [6.45, 7) is 4.83. The Hall–Kier alpha value is -1.40. The van der Waals surface area contributed by atoms with Crippen molar-refractivity contribution in [3.05, 3.63) is 17.0 Å². The van der Waals surface area contributed by atoms with Crippen molar-refractivity contribution in [3.8, 4) is 0 Å². The minimum atomic E-state index is -0.0449. The molecule has 0 fully saturated rings. The van der Waals surface area contributed by atoms with Crippen LogP contribution in [0.4, 0.5) is 0 Å². The highest BCUT2D eigenvalue weighted by Crippen LogP contribution is 2.19. The number of carbonyl (C=O) groups excluding carboxylic acids is 1. The third-order valence-corrected chi connectivity index (χ3v) is 3.69. The summed E-state index contributed by atoms with van der Waals surface area (Å²) in [7, 11) is 0. The number of ether oxygens (including phenoxy) is 1. The maximum Gasteiger partial charge on any atom is 0.269 e. The maximum atomic E-state index is 12.4. The summed E-state index contributed by atoms with van der Waals surface area (Å²) in [4.78, 5) is 12.4. The molecule has 21 heavy (non-hydrogen) atoms. The van der Waals surface area contributed by atoms with Crippen LogP contribution in [0.5, 0.6) is 0 Å². The fourth-order valence-corrected chi connectivity index (χ4v) is 2.65. The Balaban J connectivity index is 2.31. The van der Waals surface area contributed by atoms with Gasteiger partial charge >= 0.3 is 0 Å². The standard InChI is InChI=1S/C15H25N3O3/c1-2-18-14-12(13(17-18)7-3-9-19)6-4-10-21-11-5-8-16-15(14)20/h19H,2-11H2,1H3,(H,16,20). The molecule has 118 valence electrons. The zero-order valence-electron chi connectivity index (χ0n) is 12.7. The van der Waals surface area contributed by atoms with Crippen LogP contribution in [0.2, 0.25) is 0 Å². The second kappa shape index (κ2) is 8.14. The quantitative estimate of drug-likeness (QED) is 0.865. The smallest absolute Gasteiger partial charge is 0.269 e. The van der Waals surface area contributed by atoms with E-state index in [1.807, 2.05) is 6.92 Å². The lowest BCUT2D eigenvalue weighted by Crippen LogP contribution is -2.28. The fraction of sp³-hybridized carbons (Fsp3) is 0.733. The van der Waals surface area contributed by atoms with Crippen molar-refractivity contribution in [1.82, 2.24) is 15.1 Å². The van der Waals surface area contributed by atoms with E-state index in [4.69, 9.17) is 9.84 Å². The summed E-state index contributed by atoms with van der Waals surface area (Å²) in [5, 5.41) is 16.6. The average Bonchev–Trinajstić information content (AvgIpc) is 2.83. The molecule has 0 saturated carbocycles. The highest BCUT2D eigenvalue weighted by atomic mass is 16.5. The molecular formula is C15H25N3O3. The monoisotopic (exact) mass is 295 g/mol. The molecule has 0 radical (unpaired) electrons. The number of aliphatic hydroxyl groups is 1. The van der Waals surface area contributed by atoms with E-state index in [-0.39, 0.29) is 12.5 Å². The van der Waals surface area contributed by atoms with Crippen molar-refractivity contribution < 1.29 is 14.6 Å². The Labute approximate surface area is 125 Å². The Morgan fingerprint density at radius 1 is 1.38 bits per heavy atom. The number of nitrogens with one attached hydrogen (secondary N) is 1. The summed E-state index contributed by atoms with van der Waals surface area (Å²) in [5.74, 6) is -0.0449. The molecule has 0 aliphatic carbocycles. The summed E-state index contributed by atoms with van der Waals surface area (Å²) in [6.07, 6.45) is 3.90. The molecule has 1 aromatic rings. The molecule has 1 amide bonds. The van der Waals surface area contributed by atoms with Crippen LogP contribution in [-0.2, 0) is 24.1 Å². The van der Waals surface area contributed by atoms with Gasteiger partial charge in [-0.25, -0.2) is 0 Å². The van der Waals surface area contributed by atoms with E-state index in [1.165, 1.54) is 0 Å². The number of aliphatic hydroxyl groups excluding tert-OH is 1. The molecule has 2 N–H and O–H groups in total. The largest absolute Gasteiger partial charge is 0.396 e. The maximum absolute atomic E-state index is 12.4. The molecule has 2 heterocycles. The topological polar surface area (TPSA) is 76.4 Å². The van der Waals surface area contributed by atoms with Crippen LogP contribution in [0.25, 0.3) is 0 Å². The molecule has 1 aliphatic rings. The van der Waals surface area contributed by atoms with Gasteiger partial charge in [-0.05, 0) is 39.0 Å². The van der Waals surface area contributed by atoms with Gasteiger partial charge in [0, 0.05) is 38.5 Å². The van der Waals surface area contributed by atoms with Gasteiger partial charge in [-0.15, -0.1) is 0 Å². The third-order valence-electron chi connectivity index (χ3n) is 3.69. The van der Waals surface area contributed by atoms with E-state index in [2.05, 4.69) is 10.4 Å². The number of amides is 1. The highest BCUT2D eigenvalue weighted by molar-refractivity contribution is 5.94. The first kappa shape index (κ1) is 16.0. The molecule has 6 nitrogen and oxygen atoms in total. The van der Waals surface area contributed by atoms with E-state index in [9.17, 15) is 4.79 Å². The SMILES string of the molecule is CCn1nc(CCCO)c2c1C(=O)NCCCOCCC2. The Kier molecular flexibility index (Phi) is 6.20. The lowest BCUT2D eigenvalue weighted by atomic mass is 10.0. The van der Waals surface area contributed by atoms with Crippen molar-refractivity contribution in [2.24, 2.45) is 0 Å². The predicted octanol–water partition coefficient (Wildman–Crippen LogP) is 0.911. The first-order chi connectivity index (χ1) is 10.3. The molecular weight excluding hydrogens is 270 g/mol. The van der Waals surface area contributed by atoms with Gasteiger partial charge in [0.05, 0.1) is 5.69 Å². The van der Waals surface area contributed by atoms with Crippen LogP contribution in [0, 0.1) is 0 Å². The Morgan fingerprint density at radius 2 is 2.19 bits per heavy atom. The lowest BCUT2D eigenvalue weighted by Gasteiger charge is -2.08. The van der Waals surface area contributed by atoms with Crippen LogP contribution < -0.4 is 5.32 Å². The van der Waals surface area contributed by atoms with Crippen LogP contribution >= 0.6 is 0 Å². The molecule has 0 bridgehead atoms. The van der Waals surface area contributed by atoms with Crippen LogP contribution in [0.1, 0.15) is 47.9 Å². The lowest BCUT2D eigenvalue weighted by molar-refractivity contribution is 0.0934. The van der Waals surface area contributed by atoms with Crippen molar-refractivity contribution in [2.45, 2.75) is 45.6 Å². The van der Waals surface area contributed by atoms with Crippen LogP contribution in [0.3, 0.4) is 0 Å². The van der Waals surface area contributed by atoms with E-state index >= 15 is 0 Å². The van der Waals surface area contributed by atoms with Gasteiger partial charge in [-0.2, -0.15) is 5.10 Å². The number of fused-ring (bicyclic) bond motifs is 1. The summed E-state index contributed by atoms with van der Waals surface area (Å²) >= 11 is 0. The van der Waals surface area contributed by atoms with Gasteiger partial charge in [0.1, 0.15) is 5.69 Å². The van der Waals surface area contributed by atoms with Gasteiger partial charge < -0.3 is 15.2 Å². The summed E-state index contributed by atoms with van der Waals surface area (Å²) in [6, 6.07) is 0. The normalized spacial score (nSPS) is 17.0. The van der Waals surface area contributed by atoms with Gasteiger partial charge in [0.2, 0.25) is 0 Å². The number of hydrogen-bond donors (Lipinski definition) is 2. The molecule has 1 aromatic heterocycles. The van der Waals surface area contributed by atoms with E-state index in [0.29, 0.717) is 44.8 Å². The van der Waals surface area contributed by atoms with Gasteiger partial charge in [-0.1, -0.05) is 0 Å². The van der Waals surface area contributed by atoms with Gasteiger partial charge in [0.15, 0.2) is 0 Å². The second-order valence-corrected chi connectivity index (χ2v) is 5.24. The number of nitrogens with zero attached hydrogens (tertiary/aromatic N) is 2. The fourth-order valence-electron chi connectivity index (χ4n) is 2.65. The second-order valence-electron chi connectivity index (χ2n) is 5.24. The van der Waals surface area contributed by atoms with Gasteiger partial charge in [0.25, 0.3) is 5.91 Å². The third kappa shape index (κ3) is 4.04. The minimum absolute atomic E-state index is 0.0449. The van der Waals surface area contributed by atoms with E-state index in [1.54, 1.807) is 4.68 Å². The van der Waals surface area contributed by atoms with Crippen LogP contribution in [0.15, 0.2) is 0 Å². The first-order valence-electron chi connectivity index (χ1n) is 7.83. The number of carbonyl (C=O) groups is 1. The van der Waals surface area contributed by atoms with Gasteiger partial charge in [-0.3, -0.25) is 9.48 Å². The summed E-state index contributed by atoms with van der Waals surface area (Å²) < 4.78 is 7.34. The predicted molar refractivity (Wildman–Crippen MR) is 79.4 cm³/mol. The van der Waals surface area contributed by atoms with Crippen molar-refractivity contribution in [3.63, 3.8) is 0 Å². The molecule has 0 atom stereocenters. The van der Waals surface area contributed by atoms with E-state index < -0.39 is 0 Å². The van der Waals surface area contributed by atoms with Crippen LogP contribution in [-0.4, -0.2) is 47.2 Å². The Morgan fingerprint density at radius 3 is 2.95 bits per heavy atom. The highest BCUT2D eigenvalue weighted by Gasteiger charge is 2.22. The number of aryl methyl sites for hydroxylation is 2. The van der Waals surface area contributed by atoms with E-state index in [0.717, 1.165) is 30.5 Å². The zero-order chi connectivity index (χ0) is 15.1. The zero-order valence-corrected chi connectivity index (χ0v) is 12.7. The molecule has 1 aliphatic heterocycles. The molecule has 0 saturated heterocycles. The molecule has 2 rings (SSSR count). The minimum Gasteiger partial charge on any atom is -0.396 e. The van der Waals surface area contributed by atoms with Crippen molar-refractivity contribution in [1.29, 1.82) is 0 Å². The van der Waals surface area contributed by atoms with Crippen molar-refractivity contribution >= 4 is 5.91 Å². The molecule has 0 aromatic carbocycles. The molecule has 6 heteroatoms. The number of hydrogen-bond acceptors (Lipinski definition) is 4. The molecule has 0 spiro atoms.